The van der Waals surface area contributed by atoms with Crippen LogP contribution in [0.15, 0.2) is 159 Å². The first-order valence-corrected chi connectivity index (χ1v) is 15.0. The van der Waals surface area contributed by atoms with E-state index >= 15 is 0 Å². The van der Waals surface area contributed by atoms with Crippen molar-refractivity contribution in [1.82, 2.24) is 29.2 Å². The van der Waals surface area contributed by atoms with E-state index in [-0.39, 0.29) is 0 Å². The van der Waals surface area contributed by atoms with Gasteiger partial charge in [0.15, 0.2) is 6.29 Å². The monoisotopic (exact) mass is 616 g/mol. The van der Waals surface area contributed by atoms with Gasteiger partial charge in [-0.1, -0.05) is 66.7 Å². The summed E-state index contributed by atoms with van der Waals surface area (Å²) in [6.45, 7) is 0.709. The lowest BCUT2D eigenvalue weighted by molar-refractivity contribution is 0.112. The zero-order valence-electron chi connectivity index (χ0n) is 25.5. The van der Waals surface area contributed by atoms with Gasteiger partial charge >= 0.3 is 0 Å². The van der Waals surface area contributed by atoms with Crippen molar-refractivity contribution in [2.24, 2.45) is 0 Å². The smallest absolute Gasteiger partial charge is 0.151 e. The number of anilines is 2. The molecule has 0 spiro atoms. The Bertz CT molecular complexity index is 2160. The second kappa shape index (κ2) is 14.9. The van der Waals surface area contributed by atoms with Crippen LogP contribution in [0.1, 0.15) is 15.9 Å². The van der Waals surface area contributed by atoms with Gasteiger partial charge in [0.2, 0.25) is 0 Å². The SMILES string of the molecule is Nc1cc(-c2ccccc2)cc2ccnn12.O=Cc1cccnc1.c1ccc(-c2cc(NCc3cccnc3)n3nccc3c2)cc1. The molecule has 230 valence electrons. The molecule has 0 aliphatic rings. The van der Waals surface area contributed by atoms with E-state index in [1.165, 1.54) is 17.3 Å². The number of nitrogens with one attached hydrogen (secondary N) is 1. The van der Waals surface area contributed by atoms with Crippen LogP contribution in [-0.2, 0) is 6.54 Å². The maximum Gasteiger partial charge on any atom is 0.151 e. The summed E-state index contributed by atoms with van der Waals surface area (Å²) in [7, 11) is 0. The Labute approximate surface area is 272 Å². The summed E-state index contributed by atoms with van der Waals surface area (Å²) in [4.78, 5) is 17.8. The topological polar surface area (TPSA) is 116 Å². The largest absolute Gasteiger partial charge is 0.384 e. The predicted octanol–water partition coefficient (Wildman–Crippen LogP) is 7.49. The Hall–Kier alpha value is -6.61. The molecule has 0 aliphatic carbocycles. The van der Waals surface area contributed by atoms with Crippen molar-refractivity contribution in [3.8, 4) is 22.3 Å². The fourth-order valence-corrected chi connectivity index (χ4v) is 4.96. The molecular weight excluding hydrogens is 584 g/mol. The van der Waals surface area contributed by atoms with Crippen LogP contribution in [0, 0.1) is 0 Å². The first-order chi connectivity index (χ1) is 23.2. The molecule has 2 aromatic carbocycles. The van der Waals surface area contributed by atoms with Crippen molar-refractivity contribution in [2.75, 3.05) is 11.1 Å². The molecule has 0 fully saturated rings. The van der Waals surface area contributed by atoms with E-state index in [2.05, 4.69) is 86.1 Å². The first-order valence-electron chi connectivity index (χ1n) is 15.0. The standard InChI is InChI=1S/C19H16N4.C13H11N3.C6H5NO/c1-2-6-16(7-3-1)17-11-18-8-10-22-23(18)19(12-17)21-14-15-5-4-9-20-13-15;14-13-9-11(10-4-2-1-3-5-10)8-12-6-7-15-16(12)13;8-5-6-2-1-3-7-4-6/h1-13,21H,14H2;1-9H,14H2;1-5H. The number of benzene rings is 2. The van der Waals surface area contributed by atoms with Gasteiger partial charge in [-0.3, -0.25) is 14.8 Å². The van der Waals surface area contributed by atoms with E-state index in [9.17, 15) is 4.79 Å². The number of carbonyl (C=O) groups is 1. The Morgan fingerprint density at radius 2 is 1.19 bits per heavy atom. The minimum atomic E-state index is 0.618. The summed E-state index contributed by atoms with van der Waals surface area (Å²) in [5.41, 5.74) is 14.4. The molecule has 0 bridgehead atoms. The highest BCUT2D eigenvalue weighted by Crippen LogP contribution is 2.26. The molecular formula is C38H32N8O. The Balaban J connectivity index is 0.000000139. The van der Waals surface area contributed by atoms with Crippen molar-refractivity contribution in [3.63, 3.8) is 0 Å². The molecule has 8 aromatic rings. The van der Waals surface area contributed by atoms with E-state index in [4.69, 9.17) is 5.73 Å². The quantitative estimate of drug-likeness (QED) is 0.186. The van der Waals surface area contributed by atoms with E-state index in [0.717, 1.165) is 39.8 Å². The maximum atomic E-state index is 9.97. The number of pyridine rings is 4. The molecule has 0 amide bonds. The van der Waals surface area contributed by atoms with Crippen LogP contribution >= 0.6 is 0 Å². The van der Waals surface area contributed by atoms with Crippen molar-refractivity contribution >= 4 is 29.0 Å². The van der Waals surface area contributed by atoms with Gasteiger partial charge in [0.05, 0.1) is 23.4 Å². The fourth-order valence-electron chi connectivity index (χ4n) is 4.96. The van der Waals surface area contributed by atoms with Gasteiger partial charge in [-0.25, -0.2) is 9.03 Å². The van der Waals surface area contributed by atoms with Gasteiger partial charge in [-0.05, 0) is 82.4 Å². The Morgan fingerprint density at radius 1 is 0.596 bits per heavy atom. The van der Waals surface area contributed by atoms with Gasteiger partial charge in [0, 0.05) is 36.9 Å². The van der Waals surface area contributed by atoms with Crippen LogP contribution in [-0.4, -0.2) is 35.5 Å². The van der Waals surface area contributed by atoms with Crippen LogP contribution in [0.4, 0.5) is 11.6 Å². The second-order valence-electron chi connectivity index (χ2n) is 10.5. The summed E-state index contributed by atoms with van der Waals surface area (Å²) in [5.74, 6) is 1.62. The molecule has 0 radical (unpaired) electrons. The molecule has 6 heterocycles. The molecule has 9 nitrogen and oxygen atoms in total. The maximum absolute atomic E-state index is 9.97. The third-order valence-corrected chi connectivity index (χ3v) is 7.25. The third-order valence-electron chi connectivity index (χ3n) is 7.25. The highest BCUT2D eigenvalue weighted by atomic mass is 16.1. The first kappa shape index (κ1) is 30.4. The Kier molecular flexibility index (Phi) is 9.65. The average molecular weight is 617 g/mol. The van der Waals surface area contributed by atoms with Gasteiger partial charge < -0.3 is 11.1 Å². The van der Waals surface area contributed by atoms with Crippen molar-refractivity contribution in [3.05, 3.63) is 170 Å². The van der Waals surface area contributed by atoms with E-state index < -0.39 is 0 Å². The lowest BCUT2D eigenvalue weighted by atomic mass is 10.1. The number of carbonyl (C=O) groups excluding carboxylic acids is 1. The van der Waals surface area contributed by atoms with E-state index in [0.29, 0.717) is 17.9 Å². The van der Waals surface area contributed by atoms with E-state index in [1.54, 1.807) is 35.2 Å². The molecule has 6 aromatic heterocycles. The molecule has 9 heteroatoms. The zero-order chi connectivity index (χ0) is 32.3. The summed E-state index contributed by atoms with van der Waals surface area (Å²) in [5, 5.41) is 12.0. The van der Waals surface area contributed by atoms with Crippen molar-refractivity contribution in [2.45, 2.75) is 6.54 Å². The molecule has 8 rings (SSSR count). The van der Waals surface area contributed by atoms with Crippen LogP contribution in [0.2, 0.25) is 0 Å². The molecule has 47 heavy (non-hydrogen) atoms. The van der Waals surface area contributed by atoms with Gasteiger partial charge in [0.1, 0.15) is 11.6 Å². The van der Waals surface area contributed by atoms with Crippen LogP contribution in [0.5, 0.6) is 0 Å². The normalized spacial score (nSPS) is 10.4. The molecule has 0 aliphatic heterocycles. The summed E-state index contributed by atoms with van der Waals surface area (Å²) in [6.07, 6.45) is 11.1. The molecule has 0 saturated heterocycles. The molecule has 0 atom stereocenters. The minimum Gasteiger partial charge on any atom is -0.384 e. The predicted molar refractivity (Wildman–Crippen MR) is 187 cm³/mol. The summed E-state index contributed by atoms with van der Waals surface area (Å²) >= 11 is 0. The number of hydrogen-bond acceptors (Lipinski definition) is 7. The number of nitrogens with two attached hydrogens (primary N) is 1. The zero-order valence-corrected chi connectivity index (χ0v) is 25.5. The molecule has 3 N–H and O–H groups in total. The Morgan fingerprint density at radius 3 is 1.77 bits per heavy atom. The number of rotatable bonds is 6. The van der Waals surface area contributed by atoms with Gasteiger partial charge in [0.25, 0.3) is 0 Å². The average Bonchev–Trinajstić information content (AvgIpc) is 3.83. The van der Waals surface area contributed by atoms with Crippen molar-refractivity contribution < 1.29 is 4.79 Å². The number of nitrogen functional groups attached to an aromatic ring is 1. The summed E-state index contributed by atoms with van der Waals surface area (Å²) < 4.78 is 3.65. The molecule has 0 unspecified atom stereocenters. The summed E-state index contributed by atoms with van der Waals surface area (Å²) in [6, 6.07) is 40.3. The van der Waals surface area contributed by atoms with Gasteiger partial charge in [-0.2, -0.15) is 10.2 Å². The van der Waals surface area contributed by atoms with Crippen LogP contribution in [0.3, 0.4) is 0 Å². The lowest BCUT2D eigenvalue weighted by Crippen LogP contribution is -2.05. The highest BCUT2D eigenvalue weighted by molar-refractivity contribution is 5.74. The van der Waals surface area contributed by atoms with E-state index in [1.807, 2.05) is 65.4 Å². The number of fused-ring (bicyclic) bond motifs is 2. The van der Waals surface area contributed by atoms with Crippen LogP contribution in [0.25, 0.3) is 33.3 Å². The number of hydrogen-bond donors (Lipinski definition) is 2. The molecule has 0 saturated carbocycles. The number of nitrogens with zero attached hydrogens (tertiary/aromatic N) is 6. The minimum absolute atomic E-state index is 0.618. The third kappa shape index (κ3) is 7.73. The lowest BCUT2D eigenvalue weighted by Gasteiger charge is -2.11. The highest BCUT2D eigenvalue weighted by Gasteiger charge is 2.07. The van der Waals surface area contributed by atoms with Gasteiger partial charge in [-0.15, -0.1) is 0 Å². The van der Waals surface area contributed by atoms with Crippen LogP contribution < -0.4 is 11.1 Å². The van der Waals surface area contributed by atoms with Crippen molar-refractivity contribution in [1.29, 1.82) is 0 Å². The number of aldehydes is 1. The number of aromatic nitrogens is 6. The second-order valence-corrected chi connectivity index (χ2v) is 10.5. The fraction of sp³-hybridized carbons (Fsp3) is 0.0263.